The number of nitrogens with one attached hydrogen (secondary N) is 1. The van der Waals surface area contributed by atoms with Crippen LogP contribution in [-0.4, -0.2) is 39.3 Å². The summed E-state index contributed by atoms with van der Waals surface area (Å²) < 4.78 is 4.97. The number of anilines is 1. The van der Waals surface area contributed by atoms with E-state index in [-0.39, 0.29) is 18.3 Å². The quantitative estimate of drug-likeness (QED) is 0.848. The van der Waals surface area contributed by atoms with Crippen molar-refractivity contribution in [1.29, 1.82) is 0 Å². The SMILES string of the molecule is COCCNCC(=O)N1CCCc2c(C)cc(C)cc21.Cl. The maximum Gasteiger partial charge on any atom is 0.240 e. The van der Waals surface area contributed by atoms with Crippen LogP contribution in [0.5, 0.6) is 0 Å². The molecule has 1 aromatic rings. The third-order valence-corrected chi connectivity index (χ3v) is 3.75. The Balaban J connectivity index is 0.00000220. The average molecular weight is 313 g/mol. The van der Waals surface area contributed by atoms with Crippen molar-refractivity contribution < 1.29 is 9.53 Å². The first-order chi connectivity index (χ1) is 9.63. The normalized spacial score (nSPS) is 13.6. The van der Waals surface area contributed by atoms with Gasteiger partial charge in [-0.05, 0) is 49.4 Å². The van der Waals surface area contributed by atoms with Gasteiger partial charge in [0.25, 0.3) is 0 Å². The van der Waals surface area contributed by atoms with E-state index in [4.69, 9.17) is 4.74 Å². The first kappa shape index (κ1) is 18.0. The Morgan fingerprint density at radius 3 is 2.86 bits per heavy atom. The van der Waals surface area contributed by atoms with Gasteiger partial charge in [0.2, 0.25) is 5.91 Å². The van der Waals surface area contributed by atoms with E-state index in [1.165, 1.54) is 16.7 Å². The minimum Gasteiger partial charge on any atom is -0.383 e. The van der Waals surface area contributed by atoms with Gasteiger partial charge in [0.15, 0.2) is 0 Å². The lowest BCUT2D eigenvalue weighted by Crippen LogP contribution is -2.42. The Bertz CT molecular complexity index is 491. The molecule has 0 radical (unpaired) electrons. The number of amides is 1. The average Bonchev–Trinajstić information content (AvgIpc) is 2.42. The summed E-state index contributed by atoms with van der Waals surface area (Å²) in [6.07, 6.45) is 2.11. The second kappa shape index (κ2) is 8.37. The molecule has 2 rings (SSSR count). The number of nitrogens with zero attached hydrogens (tertiary/aromatic N) is 1. The molecule has 118 valence electrons. The molecule has 0 spiro atoms. The van der Waals surface area contributed by atoms with Crippen molar-refractivity contribution in [2.24, 2.45) is 0 Å². The molecule has 0 saturated carbocycles. The van der Waals surface area contributed by atoms with E-state index in [1.807, 2.05) is 4.90 Å². The number of carbonyl (C=O) groups excluding carboxylic acids is 1. The summed E-state index contributed by atoms with van der Waals surface area (Å²) in [4.78, 5) is 14.3. The molecule has 0 aromatic heterocycles. The fourth-order valence-corrected chi connectivity index (χ4v) is 2.80. The molecule has 1 aliphatic heterocycles. The van der Waals surface area contributed by atoms with Gasteiger partial charge in [-0.1, -0.05) is 6.07 Å². The molecule has 0 bridgehead atoms. The molecular weight excluding hydrogens is 288 g/mol. The van der Waals surface area contributed by atoms with Gasteiger partial charge in [0.05, 0.1) is 13.2 Å². The summed E-state index contributed by atoms with van der Waals surface area (Å²) in [5, 5.41) is 3.13. The summed E-state index contributed by atoms with van der Waals surface area (Å²) in [6, 6.07) is 4.33. The lowest BCUT2D eigenvalue weighted by atomic mass is 9.95. The van der Waals surface area contributed by atoms with E-state index < -0.39 is 0 Å². The molecule has 1 heterocycles. The van der Waals surface area contributed by atoms with Crippen molar-refractivity contribution in [3.63, 3.8) is 0 Å². The van der Waals surface area contributed by atoms with Gasteiger partial charge in [-0.15, -0.1) is 12.4 Å². The molecule has 5 heteroatoms. The molecule has 4 nitrogen and oxygen atoms in total. The number of hydrogen-bond donors (Lipinski definition) is 1. The molecule has 1 amide bonds. The highest BCUT2D eigenvalue weighted by Gasteiger charge is 2.23. The Hall–Kier alpha value is -1.10. The molecule has 1 N–H and O–H groups in total. The number of ether oxygens (including phenoxy) is 1. The molecule has 0 atom stereocenters. The van der Waals surface area contributed by atoms with Gasteiger partial charge in [-0.2, -0.15) is 0 Å². The van der Waals surface area contributed by atoms with Crippen LogP contribution < -0.4 is 10.2 Å². The highest BCUT2D eigenvalue weighted by atomic mass is 35.5. The van der Waals surface area contributed by atoms with Crippen LogP contribution in [-0.2, 0) is 16.0 Å². The first-order valence-electron chi connectivity index (χ1n) is 7.23. The van der Waals surface area contributed by atoms with Crippen LogP contribution in [0, 0.1) is 13.8 Å². The van der Waals surface area contributed by atoms with Gasteiger partial charge in [-0.3, -0.25) is 4.79 Å². The molecule has 21 heavy (non-hydrogen) atoms. The van der Waals surface area contributed by atoms with Crippen molar-refractivity contribution >= 4 is 24.0 Å². The molecule has 0 unspecified atom stereocenters. The standard InChI is InChI=1S/C16H24N2O2.ClH/c1-12-9-13(2)14-5-4-7-18(15(14)10-12)16(19)11-17-6-8-20-3;/h9-10,17H,4-8,11H2,1-3H3;1H. The van der Waals surface area contributed by atoms with Crippen molar-refractivity contribution in [3.05, 3.63) is 28.8 Å². The first-order valence-corrected chi connectivity index (χ1v) is 7.23. The fraction of sp³-hybridized carbons (Fsp3) is 0.562. The zero-order chi connectivity index (χ0) is 14.5. The maximum absolute atomic E-state index is 12.4. The van der Waals surface area contributed by atoms with Gasteiger partial charge >= 0.3 is 0 Å². The number of aryl methyl sites for hydroxylation is 2. The Morgan fingerprint density at radius 2 is 2.14 bits per heavy atom. The largest absolute Gasteiger partial charge is 0.383 e. The number of fused-ring (bicyclic) bond motifs is 1. The van der Waals surface area contributed by atoms with Crippen molar-refractivity contribution in [2.45, 2.75) is 26.7 Å². The lowest BCUT2D eigenvalue weighted by Gasteiger charge is -2.31. The van der Waals surface area contributed by atoms with Crippen molar-refractivity contribution in [3.8, 4) is 0 Å². The highest BCUT2D eigenvalue weighted by molar-refractivity contribution is 5.96. The summed E-state index contributed by atoms with van der Waals surface area (Å²) in [5.74, 6) is 0.145. The number of benzene rings is 1. The van der Waals surface area contributed by atoms with E-state index in [0.29, 0.717) is 19.7 Å². The Kier molecular flexibility index (Phi) is 7.15. The highest BCUT2D eigenvalue weighted by Crippen LogP contribution is 2.30. The van der Waals surface area contributed by atoms with E-state index in [1.54, 1.807) is 7.11 Å². The summed E-state index contributed by atoms with van der Waals surface area (Å²) in [7, 11) is 1.66. The van der Waals surface area contributed by atoms with Crippen LogP contribution >= 0.6 is 12.4 Å². The third-order valence-electron chi connectivity index (χ3n) is 3.75. The molecule has 0 fully saturated rings. The smallest absolute Gasteiger partial charge is 0.240 e. The molecule has 1 aliphatic rings. The van der Waals surface area contributed by atoms with E-state index in [9.17, 15) is 4.79 Å². The van der Waals surface area contributed by atoms with Crippen LogP contribution in [0.15, 0.2) is 12.1 Å². The predicted octanol–water partition coefficient (Wildman–Crippen LogP) is 2.24. The Labute approximate surface area is 133 Å². The summed E-state index contributed by atoms with van der Waals surface area (Å²) in [6.45, 7) is 6.74. The minimum atomic E-state index is 0. The van der Waals surface area contributed by atoms with Gasteiger partial charge < -0.3 is 15.0 Å². The number of rotatable bonds is 5. The molecule has 1 aromatic carbocycles. The molecule has 0 aliphatic carbocycles. The Morgan fingerprint density at radius 1 is 1.38 bits per heavy atom. The van der Waals surface area contributed by atoms with E-state index in [2.05, 4.69) is 31.3 Å². The second-order valence-corrected chi connectivity index (χ2v) is 5.40. The molecular formula is C16H25ClN2O2. The zero-order valence-electron chi connectivity index (χ0n) is 13.1. The zero-order valence-corrected chi connectivity index (χ0v) is 13.9. The number of halogens is 1. The van der Waals surface area contributed by atoms with Crippen molar-refractivity contribution in [2.75, 3.05) is 38.3 Å². The number of carbonyl (C=O) groups is 1. The topological polar surface area (TPSA) is 41.6 Å². The van der Waals surface area contributed by atoms with Crippen LogP contribution in [0.4, 0.5) is 5.69 Å². The number of methoxy groups -OCH3 is 1. The summed E-state index contributed by atoms with van der Waals surface area (Å²) >= 11 is 0. The van der Waals surface area contributed by atoms with E-state index in [0.717, 1.165) is 25.1 Å². The number of hydrogen-bond acceptors (Lipinski definition) is 3. The maximum atomic E-state index is 12.4. The monoisotopic (exact) mass is 312 g/mol. The van der Waals surface area contributed by atoms with Gasteiger partial charge in [0, 0.05) is 25.9 Å². The van der Waals surface area contributed by atoms with Crippen LogP contribution in [0.2, 0.25) is 0 Å². The van der Waals surface area contributed by atoms with Crippen LogP contribution in [0.3, 0.4) is 0 Å². The fourth-order valence-electron chi connectivity index (χ4n) is 2.80. The van der Waals surface area contributed by atoms with E-state index >= 15 is 0 Å². The third kappa shape index (κ3) is 4.43. The minimum absolute atomic E-state index is 0. The van der Waals surface area contributed by atoms with Gasteiger partial charge in [0.1, 0.15) is 0 Å². The lowest BCUT2D eigenvalue weighted by molar-refractivity contribution is -0.117. The van der Waals surface area contributed by atoms with Crippen LogP contribution in [0.1, 0.15) is 23.1 Å². The predicted molar refractivity (Wildman–Crippen MR) is 88.6 cm³/mol. The van der Waals surface area contributed by atoms with Crippen molar-refractivity contribution in [1.82, 2.24) is 5.32 Å². The molecule has 0 saturated heterocycles. The summed E-state index contributed by atoms with van der Waals surface area (Å²) in [5.41, 5.74) is 4.94. The second-order valence-electron chi connectivity index (χ2n) is 5.40. The van der Waals surface area contributed by atoms with Gasteiger partial charge in [-0.25, -0.2) is 0 Å². The van der Waals surface area contributed by atoms with Crippen LogP contribution in [0.25, 0.3) is 0 Å².